The lowest BCUT2D eigenvalue weighted by atomic mass is 10.1. The number of nitrogens with one attached hydrogen (secondary N) is 1. The largest absolute Gasteiger partial charge is 0.325 e. The monoisotopic (exact) mass is 434 g/mol. The van der Waals surface area contributed by atoms with Crippen molar-refractivity contribution in [2.75, 3.05) is 18.4 Å². The van der Waals surface area contributed by atoms with Gasteiger partial charge in [-0.15, -0.1) is 22.7 Å². The fourth-order valence-electron chi connectivity index (χ4n) is 3.96. The van der Waals surface area contributed by atoms with Gasteiger partial charge in [-0.1, -0.05) is 24.3 Å². The molecular formula is C23H22N4OS2. The van der Waals surface area contributed by atoms with Crippen LogP contribution in [0.1, 0.15) is 28.9 Å². The van der Waals surface area contributed by atoms with Crippen LogP contribution in [0.5, 0.6) is 0 Å². The fraction of sp³-hybridized carbons (Fsp3) is 0.261. The number of thiazole rings is 2. The molecule has 1 aliphatic heterocycles. The molecule has 30 heavy (non-hydrogen) atoms. The van der Waals surface area contributed by atoms with Crippen molar-refractivity contribution in [3.63, 3.8) is 0 Å². The van der Waals surface area contributed by atoms with Gasteiger partial charge in [0.25, 0.3) is 0 Å². The first-order chi connectivity index (χ1) is 14.7. The van der Waals surface area contributed by atoms with E-state index in [9.17, 15) is 4.79 Å². The van der Waals surface area contributed by atoms with Gasteiger partial charge in [0.15, 0.2) is 0 Å². The lowest BCUT2D eigenvalue weighted by Crippen LogP contribution is -2.32. The number of rotatable bonds is 5. The first kappa shape index (κ1) is 19.4. The molecule has 2 aromatic heterocycles. The topological polar surface area (TPSA) is 58.1 Å². The molecule has 1 N–H and O–H groups in total. The van der Waals surface area contributed by atoms with Crippen LogP contribution in [0.25, 0.3) is 21.5 Å². The number of aromatic nitrogens is 2. The van der Waals surface area contributed by atoms with Crippen LogP contribution in [0.3, 0.4) is 0 Å². The molecule has 0 saturated carbocycles. The number of para-hydroxylation sites is 1. The summed E-state index contributed by atoms with van der Waals surface area (Å²) in [5.41, 5.74) is 3.82. The fourth-order valence-corrected chi connectivity index (χ4v) is 5.72. The summed E-state index contributed by atoms with van der Waals surface area (Å²) < 4.78 is 1.21. The van der Waals surface area contributed by atoms with Gasteiger partial charge in [-0.25, -0.2) is 9.97 Å². The number of likely N-dealkylation sites (tertiary alicyclic amines) is 1. The van der Waals surface area contributed by atoms with Crippen LogP contribution in [0.15, 0.2) is 53.9 Å². The molecule has 5 rings (SSSR count). The molecule has 0 radical (unpaired) electrons. The van der Waals surface area contributed by atoms with E-state index in [2.05, 4.69) is 27.3 Å². The first-order valence-electron chi connectivity index (χ1n) is 10.1. The zero-order valence-corrected chi connectivity index (χ0v) is 18.3. The molecule has 5 nitrogen and oxygen atoms in total. The van der Waals surface area contributed by atoms with Crippen molar-refractivity contribution in [1.29, 1.82) is 0 Å². The summed E-state index contributed by atoms with van der Waals surface area (Å²) in [6.45, 7) is 3.30. The zero-order chi connectivity index (χ0) is 20.5. The molecule has 1 saturated heterocycles. The molecule has 152 valence electrons. The second kappa shape index (κ2) is 8.26. The van der Waals surface area contributed by atoms with E-state index in [-0.39, 0.29) is 11.9 Å². The predicted molar refractivity (Wildman–Crippen MR) is 124 cm³/mol. The number of carbonyl (C=O) groups excluding carboxylic acids is 1. The van der Waals surface area contributed by atoms with E-state index in [1.165, 1.54) is 4.70 Å². The highest BCUT2D eigenvalue weighted by Gasteiger charge is 2.30. The maximum atomic E-state index is 12.8. The van der Waals surface area contributed by atoms with Crippen molar-refractivity contribution in [1.82, 2.24) is 14.9 Å². The van der Waals surface area contributed by atoms with Crippen molar-refractivity contribution < 1.29 is 4.79 Å². The molecule has 3 heterocycles. The van der Waals surface area contributed by atoms with Crippen LogP contribution in [0.4, 0.5) is 5.69 Å². The van der Waals surface area contributed by atoms with Crippen LogP contribution in [0, 0.1) is 6.92 Å². The van der Waals surface area contributed by atoms with E-state index >= 15 is 0 Å². The van der Waals surface area contributed by atoms with Gasteiger partial charge in [-0.3, -0.25) is 9.69 Å². The van der Waals surface area contributed by atoms with Crippen molar-refractivity contribution in [2.24, 2.45) is 0 Å². The number of amides is 1. The molecule has 0 aliphatic carbocycles. The first-order valence-corrected chi connectivity index (χ1v) is 11.8. The Hall–Kier alpha value is -2.61. The summed E-state index contributed by atoms with van der Waals surface area (Å²) in [6, 6.07) is 16.3. The zero-order valence-electron chi connectivity index (χ0n) is 16.7. The molecular weight excluding hydrogens is 412 g/mol. The second-order valence-electron chi connectivity index (χ2n) is 7.53. The Kier molecular flexibility index (Phi) is 5.33. The summed E-state index contributed by atoms with van der Waals surface area (Å²) in [4.78, 5) is 24.4. The molecule has 0 spiro atoms. The minimum absolute atomic E-state index is 0.00891. The second-order valence-corrected chi connectivity index (χ2v) is 9.65. The summed E-state index contributed by atoms with van der Waals surface area (Å²) >= 11 is 3.37. The minimum Gasteiger partial charge on any atom is -0.325 e. The number of nitrogens with zero attached hydrogens (tertiary/aromatic N) is 3. The third kappa shape index (κ3) is 4.01. The van der Waals surface area contributed by atoms with E-state index < -0.39 is 0 Å². The van der Waals surface area contributed by atoms with E-state index in [1.807, 2.05) is 48.7 Å². The Morgan fingerprint density at radius 3 is 2.93 bits per heavy atom. The van der Waals surface area contributed by atoms with Crippen LogP contribution >= 0.6 is 22.7 Å². The van der Waals surface area contributed by atoms with Gasteiger partial charge in [0.1, 0.15) is 5.01 Å². The number of hydrogen-bond donors (Lipinski definition) is 1. The van der Waals surface area contributed by atoms with Crippen LogP contribution < -0.4 is 5.32 Å². The number of benzene rings is 2. The maximum absolute atomic E-state index is 12.8. The average Bonchev–Trinajstić information content (AvgIpc) is 3.47. The van der Waals surface area contributed by atoms with Gasteiger partial charge in [0.05, 0.1) is 33.5 Å². The van der Waals surface area contributed by atoms with Crippen LogP contribution in [-0.4, -0.2) is 33.9 Å². The third-order valence-electron chi connectivity index (χ3n) is 5.37. The SMILES string of the molecule is Cc1nc(-c2cccc(NC(=O)CN3CCCC3c3nc4ccccc4s3)c2)cs1. The lowest BCUT2D eigenvalue weighted by Gasteiger charge is -2.22. The van der Waals surface area contributed by atoms with Gasteiger partial charge in [-0.2, -0.15) is 0 Å². The molecule has 7 heteroatoms. The number of carbonyl (C=O) groups is 1. The number of aryl methyl sites for hydroxylation is 1. The van der Waals surface area contributed by atoms with E-state index in [4.69, 9.17) is 4.98 Å². The maximum Gasteiger partial charge on any atom is 0.238 e. The summed E-state index contributed by atoms with van der Waals surface area (Å²) in [5.74, 6) is 0.00891. The van der Waals surface area contributed by atoms with Crippen molar-refractivity contribution >= 4 is 44.5 Å². The van der Waals surface area contributed by atoms with Crippen LogP contribution in [-0.2, 0) is 4.79 Å². The molecule has 1 unspecified atom stereocenters. The van der Waals surface area contributed by atoms with Gasteiger partial charge in [0, 0.05) is 16.6 Å². The molecule has 0 bridgehead atoms. The molecule has 2 aromatic carbocycles. The Morgan fingerprint density at radius 1 is 1.20 bits per heavy atom. The average molecular weight is 435 g/mol. The number of fused-ring (bicyclic) bond motifs is 1. The Morgan fingerprint density at radius 2 is 2.10 bits per heavy atom. The van der Waals surface area contributed by atoms with Crippen molar-refractivity contribution in [3.8, 4) is 11.3 Å². The summed E-state index contributed by atoms with van der Waals surface area (Å²) in [6.07, 6.45) is 2.14. The standard InChI is InChI=1S/C23H22N4OS2/c1-15-24-19(14-29-15)16-6-4-7-17(12-16)25-22(28)13-27-11-5-9-20(27)23-26-18-8-2-3-10-21(18)30-23/h2-4,6-8,10,12,14,20H,5,9,11,13H2,1H3,(H,25,28). The highest BCUT2D eigenvalue weighted by atomic mass is 32.1. The predicted octanol–water partition coefficient (Wildman–Crippen LogP) is 5.50. The third-order valence-corrected chi connectivity index (χ3v) is 7.28. The van der Waals surface area contributed by atoms with Gasteiger partial charge in [0.2, 0.25) is 5.91 Å². The molecule has 4 aromatic rings. The lowest BCUT2D eigenvalue weighted by molar-refractivity contribution is -0.117. The highest BCUT2D eigenvalue weighted by Crippen LogP contribution is 2.36. The van der Waals surface area contributed by atoms with Crippen molar-refractivity contribution in [2.45, 2.75) is 25.8 Å². The minimum atomic E-state index is 0.00891. The number of anilines is 1. The molecule has 1 fully saturated rings. The van der Waals surface area contributed by atoms with E-state index in [0.29, 0.717) is 6.54 Å². The molecule has 1 amide bonds. The van der Waals surface area contributed by atoms with Crippen LogP contribution in [0.2, 0.25) is 0 Å². The Bertz CT molecular complexity index is 1170. The molecule has 1 atom stereocenters. The van der Waals surface area contributed by atoms with Crippen molar-refractivity contribution in [3.05, 3.63) is 63.9 Å². The van der Waals surface area contributed by atoms with E-state index in [1.54, 1.807) is 22.7 Å². The van der Waals surface area contributed by atoms with E-state index in [0.717, 1.165) is 51.9 Å². The number of hydrogen-bond acceptors (Lipinski definition) is 6. The normalized spacial score (nSPS) is 16.9. The summed E-state index contributed by atoms with van der Waals surface area (Å²) in [7, 11) is 0. The van der Waals surface area contributed by atoms with Gasteiger partial charge < -0.3 is 5.32 Å². The Labute approximate surface area is 183 Å². The highest BCUT2D eigenvalue weighted by molar-refractivity contribution is 7.18. The smallest absolute Gasteiger partial charge is 0.238 e. The van der Waals surface area contributed by atoms with Gasteiger partial charge >= 0.3 is 0 Å². The van der Waals surface area contributed by atoms with Gasteiger partial charge in [-0.05, 0) is 50.6 Å². The quantitative estimate of drug-likeness (QED) is 0.450. The Balaban J connectivity index is 1.28. The molecule has 1 aliphatic rings. The summed E-state index contributed by atoms with van der Waals surface area (Å²) in [5, 5.41) is 7.26.